The van der Waals surface area contributed by atoms with Gasteiger partial charge in [0, 0.05) is 23.5 Å². The van der Waals surface area contributed by atoms with Gasteiger partial charge in [-0.1, -0.05) is 0 Å². The van der Waals surface area contributed by atoms with Crippen LogP contribution in [0.3, 0.4) is 0 Å². The number of nitrogens with zero attached hydrogens (tertiary/aromatic N) is 2. The van der Waals surface area contributed by atoms with Crippen molar-refractivity contribution >= 4 is 29.3 Å². The smallest absolute Gasteiger partial charge is 0.328 e. The van der Waals surface area contributed by atoms with Crippen LogP contribution in [0, 0.1) is 18.3 Å². The minimum Gasteiger partial charge on any atom is -0.478 e. The van der Waals surface area contributed by atoms with Crippen LogP contribution in [0.1, 0.15) is 40.4 Å². The molecule has 0 atom stereocenters. The standard InChI is InChI=1S/C15H18N2O3S/c1-10(2)17(8-4-7-16)15(20)13-9-11(3)12(21-13)5-6-14(18)19/h5-6,9-10H,4,8H2,1-3H3,(H,18,19)/b6-5+. The summed E-state index contributed by atoms with van der Waals surface area (Å²) in [6.07, 6.45) is 2.84. The number of hydrogen-bond acceptors (Lipinski definition) is 4. The van der Waals surface area contributed by atoms with Crippen LogP contribution >= 0.6 is 11.3 Å². The summed E-state index contributed by atoms with van der Waals surface area (Å²) in [6, 6.07) is 3.81. The van der Waals surface area contributed by atoms with Crippen LogP contribution in [-0.2, 0) is 4.79 Å². The van der Waals surface area contributed by atoms with Gasteiger partial charge in [0.2, 0.25) is 0 Å². The van der Waals surface area contributed by atoms with Gasteiger partial charge in [0.05, 0.1) is 17.4 Å². The summed E-state index contributed by atoms with van der Waals surface area (Å²) in [7, 11) is 0. The number of carboxylic acid groups (broad SMARTS) is 1. The Morgan fingerprint density at radius 1 is 1.52 bits per heavy atom. The van der Waals surface area contributed by atoms with Gasteiger partial charge in [-0.25, -0.2) is 4.79 Å². The van der Waals surface area contributed by atoms with Crippen LogP contribution in [0.4, 0.5) is 0 Å². The van der Waals surface area contributed by atoms with E-state index in [2.05, 4.69) is 0 Å². The molecule has 1 aromatic heterocycles. The van der Waals surface area contributed by atoms with Crippen molar-refractivity contribution in [3.8, 4) is 6.07 Å². The SMILES string of the molecule is Cc1cc(C(=O)N(CCC#N)C(C)C)sc1/C=C/C(=O)O. The fraction of sp³-hybridized carbons (Fsp3) is 0.400. The Kier molecular flexibility index (Phi) is 6.12. The molecule has 112 valence electrons. The Morgan fingerprint density at radius 2 is 2.19 bits per heavy atom. The number of hydrogen-bond donors (Lipinski definition) is 1. The van der Waals surface area contributed by atoms with Gasteiger partial charge in [0.15, 0.2) is 0 Å². The van der Waals surface area contributed by atoms with Gasteiger partial charge in [0.1, 0.15) is 0 Å². The van der Waals surface area contributed by atoms with Crippen molar-refractivity contribution in [3.63, 3.8) is 0 Å². The molecule has 0 spiro atoms. The molecule has 0 saturated heterocycles. The third kappa shape index (κ3) is 4.72. The molecule has 0 aliphatic carbocycles. The molecule has 1 rings (SSSR count). The van der Waals surface area contributed by atoms with Crippen LogP contribution in [-0.4, -0.2) is 34.5 Å². The van der Waals surface area contributed by atoms with Crippen molar-refractivity contribution in [2.75, 3.05) is 6.54 Å². The highest BCUT2D eigenvalue weighted by Crippen LogP contribution is 2.25. The van der Waals surface area contributed by atoms with Crippen molar-refractivity contribution in [3.05, 3.63) is 27.5 Å². The van der Waals surface area contributed by atoms with Crippen molar-refractivity contribution in [1.82, 2.24) is 4.90 Å². The summed E-state index contributed by atoms with van der Waals surface area (Å²) >= 11 is 1.26. The van der Waals surface area contributed by atoms with Crippen LogP contribution in [0.25, 0.3) is 6.08 Å². The fourth-order valence-electron chi connectivity index (χ4n) is 1.82. The van der Waals surface area contributed by atoms with E-state index in [0.29, 0.717) is 17.8 Å². The molecule has 5 nitrogen and oxygen atoms in total. The lowest BCUT2D eigenvalue weighted by atomic mass is 10.2. The predicted molar refractivity (Wildman–Crippen MR) is 82.1 cm³/mol. The van der Waals surface area contributed by atoms with E-state index in [0.717, 1.165) is 16.5 Å². The van der Waals surface area contributed by atoms with Gasteiger partial charge in [0.25, 0.3) is 5.91 Å². The second-order valence-electron chi connectivity index (χ2n) is 4.83. The van der Waals surface area contributed by atoms with Gasteiger partial charge >= 0.3 is 5.97 Å². The number of carboxylic acids is 1. The first kappa shape index (κ1) is 16.9. The number of thiophene rings is 1. The Hall–Kier alpha value is -2.13. The second kappa shape index (κ2) is 7.60. The summed E-state index contributed by atoms with van der Waals surface area (Å²) in [5, 5.41) is 17.3. The van der Waals surface area contributed by atoms with Crippen molar-refractivity contribution in [2.24, 2.45) is 0 Å². The summed E-state index contributed by atoms with van der Waals surface area (Å²) in [6.45, 7) is 6.04. The maximum Gasteiger partial charge on any atom is 0.328 e. The minimum atomic E-state index is -1.02. The van der Waals surface area contributed by atoms with E-state index in [1.165, 1.54) is 17.4 Å². The molecule has 1 aromatic rings. The van der Waals surface area contributed by atoms with Crippen LogP contribution < -0.4 is 0 Å². The number of nitriles is 1. The zero-order valence-electron chi connectivity index (χ0n) is 12.3. The maximum absolute atomic E-state index is 12.5. The molecule has 0 aromatic carbocycles. The molecule has 0 bridgehead atoms. The van der Waals surface area contributed by atoms with Crippen molar-refractivity contribution < 1.29 is 14.7 Å². The van der Waals surface area contributed by atoms with E-state index in [-0.39, 0.29) is 11.9 Å². The zero-order chi connectivity index (χ0) is 16.0. The molecule has 1 amide bonds. The lowest BCUT2D eigenvalue weighted by molar-refractivity contribution is -0.131. The quantitative estimate of drug-likeness (QED) is 0.819. The number of amides is 1. The molecule has 6 heteroatoms. The summed E-state index contributed by atoms with van der Waals surface area (Å²) < 4.78 is 0. The summed E-state index contributed by atoms with van der Waals surface area (Å²) in [5.74, 6) is -1.14. The highest BCUT2D eigenvalue weighted by Gasteiger charge is 2.20. The lowest BCUT2D eigenvalue weighted by Gasteiger charge is -2.25. The molecule has 1 heterocycles. The molecule has 21 heavy (non-hydrogen) atoms. The lowest BCUT2D eigenvalue weighted by Crippen LogP contribution is -2.37. The number of aryl methyl sites for hydroxylation is 1. The van der Waals surface area contributed by atoms with Crippen LogP contribution in [0.5, 0.6) is 0 Å². The molecule has 0 unspecified atom stereocenters. The number of carbonyl (C=O) groups excluding carboxylic acids is 1. The molecular weight excluding hydrogens is 288 g/mol. The van der Waals surface area contributed by atoms with Crippen LogP contribution in [0.2, 0.25) is 0 Å². The number of aliphatic carboxylic acids is 1. The van der Waals surface area contributed by atoms with Gasteiger partial charge in [-0.15, -0.1) is 11.3 Å². The second-order valence-corrected chi connectivity index (χ2v) is 5.91. The third-order valence-electron chi connectivity index (χ3n) is 2.89. The maximum atomic E-state index is 12.5. The van der Waals surface area contributed by atoms with E-state index in [1.54, 1.807) is 11.0 Å². The average molecular weight is 306 g/mol. The summed E-state index contributed by atoms with van der Waals surface area (Å²) in [5.41, 5.74) is 0.866. The topological polar surface area (TPSA) is 81.4 Å². The first-order chi connectivity index (χ1) is 9.86. The van der Waals surface area contributed by atoms with Crippen molar-refractivity contribution in [1.29, 1.82) is 5.26 Å². The van der Waals surface area contributed by atoms with Gasteiger partial charge in [-0.3, -0.25) is 4.79 Å². The average Bonchev–Trinajstić information content (AvgIpc) is 2.77. The highest BCUT2D eigenvalue weighted by atomic mass is 32.1. The van der Waals surface area contributed by atoms with E-state index < -0.39 is 5.97 Å². The van der Waals surface area contributed by atoms with Crippen LogP contribution in [0.15, 0.2) is 12.1 Å². The first-order valence-electron chi connectivity index (χ1n) is 6.56. The first-order valence-corrected chi connectivity index (χ1v) is 7.37. The number of rotatable bonds is 6. The number of carbonyl (C=O) groups is 2. The molecule has 0 aliphatic heterocycles. The third-order valence-corrected chi connectivity index (χ3v) is 4.08. The monoisotopic (exact) mass is 306 g/mol. The molecular formula is C15H18N2O3S. The highest BCUT2D eigenvalue weighted by molar-refractivity contribution is 7.15. The van der Waals surface area contributed by atoms with Gasteiger partial charge in [-0.05, 0) is 38.5 Å². The molecule has 0 saturated carbocycles. The predicted octanol–water partition coefficient (Wildman–Crippen LogP) is 2.92. The molecule has 1 N–H and O–H groups in total. The minimum absolute atomic E-state index is 0.00580. The van der Waals surface area contributed by atoms with E-state index in [4.69, 9.17) is 10.4 Å². The fourth-order valence-corrected chi connectivity index (χ4v) is 2.85. The van der Waals surface area contributed by atoms with E-state index in [1.807, 2.05) is 26.8 Å². The van der Waals surface area contributed by atoms with E-state index >= 15 is 0 Å². The van der Waals surface area contributed by atoms with E-state index in [9.17, 15) is 9.59 Å². The Balaban J connectivity index is 2.99. The Labute approximate surface area is 128 Å². The van der Waals surface area contributed by atoms with Gasteiger partial charge < -0.3 is 10.0 Å². The van der Waals surface area contributed by atoms with Gasteiger partial charge in [-0.2, -0.15) is 5.26 Å². The summed E-state index contributed by atoms with van der Waals surface area (Å²) in [4.78, 5) is 26.0. The normalized spacial score (nSPS) is 10.8. The molecule has 0 fully saturated rings. The Bertz CT molecular complexity index is 597. The Morgan fingerprint density at radius 3 is 2.71 bits per heavy atom. The molecule has 0 radical (unpaired) electrons. The largest absolute Gasteiger partial charge is 0.478 e. The zero-order valence-corrected chi connectivity index (χ0v) is 13.1. The molecule has 0 aliphatic rings. The van der Waals surface area contributed by atoms with Crippen molar-refractivity contribution in [2.45, 2.75) is 33.2 Å².